The Labute approximate surface area is 128 Å². The number of hydrogen-bond acceptors (Lipinski definition) is 4. The molecule has 20 heavy (non-hydrogen) atoms. The number of rotatable bonds is 7. The van der Waals surface area contributed by atoms with Gasteiger partial charge in [-0.05, 0) is 36.8 Å². The van der Waals surface area contributed by atoms with Crippen LogP contribution in [0.4, 0.5) is 5.69 Å². The molecule has 0 atom stereocenters. The molecule has 0 aliphatic heterocycles. The average molecular weight is 312 g/mol. The fraction of sp³-hybridized carbons (Fsp3) is 0.333. The van der Waals surface area contributed by atoms with Crippen LogP contribution in [-0.4, -0.2) is 20.3 Å². The summed E-state index contributed by atoms with van der Waals surface area (Å²) in [4.78, 5) is 1.19. The lowest BCUT2D eigenvalue weighted by molar-refractivity contribution is 0.146. The standard InChI is InChI=1S/C15H18ClNO2S/c1-11-3-5-13(14(9-11)19-8-7-18-2)17-10-12-4-6-15(16)20-12/h3-6,9,17H,7-8,10H2,1-2H3. The van der Waals surface area contributed by atoms with Gasteiger partial charge in [-0.15, -0.1) is 11.3 Å². The van der Waals surface area contributed by atoms with Gasteiger partial charge in [0, 0.05) is 18.5 Å². The highest BCUT2D eigenvalue weighted by atomic mass is 35.5. The maximum Gasteiger partial charge on any atom is 0.142 e. The molecule has 0 saturated carbocycles. The van der Waals surface area contributed by atoms with E-state index in [1.807, 2.05) is 31.2 Å². The van der Waals surface area contributed by atoms with Crippen LogP contribution in [0.1, 0.15) is 10.4 Å². The van der Waals surface area contributed by atoms with Crippen molar-refractivity contribution in [2.75, 3.05) is 25.6 Å². The molecular weight excluding hydrogens is 294 g/mol. The second kappa shape index (κ2) is 7.53. The van der Waals surface area contributed by atoms with Crippen molar-refractivity contribution in [2.24, 2.45) is 0 Å². The first-order chi connectivity index (χ1) is 9.69. The van der Waals surface area contributed by atoms with E-state index in [0.717, 1.165) is 22.3 Å². The minimum absolute atomic E-state index is 0.541. The zero-order valence-electron chi connectivity index (χ0n) is 11.6. The topological polar surface area (TPSA) is 30.5 Å². The lowest BCUT2D eigenvalue weighted by atomic mass is 10.2. The van der Waals surface area contributed by atoms with E-state index in [-0.39, 0.29) is 0 Å². The molecule has 2 rings (SSSR count). The van der Waals surface area contributed by atoms with Crippen molar-refractivity contribution in [1.82, 2.24) is 0 Å². The zero-order chi connectivity index (χ0) is 14.4. The Morgan fingerprint density at radius 2 is 2.05 bits per heavy atom. The molecule has 0 aliphatic carbocycles. The maximum atomic E-state index is 5.93. The molecule has 2 aromatic rings. The van der Waals surface area contributed by atoms with Crippen molar-refractivity contribution in [3.05, 3.63) is 45.1 Å². The monoisotopic (exact) mass is 311 g/mol. The summed E-state index contributed by atoms with van der Waals surface area (Å²) in [5.41, 5.74) is 2.15. The highest BCUT2D eigenvalue weighted by Gasteiger charge is 2.05. The second-order valence-electron chi connectivity index (χ2n) is 4.40. The van der Waals surface area contributed by atoms with Crippen molar-refractivity contribution in [3.8, 4) is 5.75 Å². The van der Waals surface area contributed by atoms with Gasteiger partial charge in [0.25, 0.3) is 0 Å². The first-order valence-corrected chi connectivity index (χ1v) is 7.59. The van der Waals surface area contributed by atoms with Gasteiger partial charge in [0.1, 0.15) is 12.4 Å². The van der Waals surface area contributed by atoms with Gasteiger partial charge in [-0.25, -0.2) is 0 Å². The molecule has 0 spiro atoms. The molecule has 1 aromatic carbocycles. The molecule has 0 amide bonds. The van der Waals surface area contributed by atoms with Crippen LogP contribution in [0.25, 0.3) is 0 Å². The third kappa shape index (κ3) is 4.40. The summed E-state index contributed by atoms with van der Waals surface area (Å²) < 4.78 is 11.6. The van der Waals surface area contributed by atoms with Crippen molar-refractivity contribution in [1.29, 1.82) is 0 Å². The summed E-state index contributed by atoms with van der Waals surface area (Å²) in [6.07, 6.45) is 0. The van der Waals surface area contributed by atoms with Gasteiger partial charge in [-0.3, -0.25) is 0 Å². The molecule has 0 radical (unpaired) electrons. The van der Waals surface area contributed by atoms with E-state index in [9.17, 15) is 0 Å². The predicted molar refractivity (Wildman–Crippen MR) is 85.2 cm³/mol. The van der Waals surface area contributed by atoms with Crippen LogP contribution >= 0.6 is 22.9 Å². The van der Waals surface area contributed by atoms with Gasteiger partial charge in [0.2, 0.25) is 0 Å². The Kier molecular flexibility index (Phi) is 5.71. The zero-order valence-corrected chi connectivity index (χ0v) is 13.2. The van der Waals surface area contributed by atoms with Crippen molar-refractivity contribution < 1.29 is 9.47 Å². The Morgan fingerprint density at radius 1 is 1.20 bits per heavy atom. The minimum atomic E-state index is 0.541. The molecular formula is C15H18ClNO2S. The predicted octanol–water partition coefficient (Wildman–Crippen LogP) is 4.35. The number of nitrogens with one attached hydrogen (secondary N) is 1. The molecule has 0 unspecified atom stereocenters. The Morgan fingerprint density at radius 3 is 2.75 bits per heavy atom. The van der Waals surface area contributed by atoms with Gasteiger partial charge >= 0.3 is 0 Å². The van der Waals surface area contributed by atoms with Crippen LogP contribution in [0, 0.1) is 6.92 Å². The summed E-state index contributed by atoms with van der Waals surface area (Å²) in [7, 11) is 1.67. The van der Waals surface area contributed by atoms with Crippen LogP contribution < -0.4 is 10.1 Å². The van der Waals surface area contributed by atoms with Gasteiger partial charge in [-0.2, -0.15) is 0 Å². The lowest BCUT2D eigenvalue weighted by Crippen LogP contribution is -2.07. The third-order valence-corrected chi connectivity index (χ3v) is 4.00. The van der Waals surface area contributed by atoms with Crippen LogP contribution in [-0.2, 0) is 11.3 Å². The largest absolute Gasteiger partial charge is 0.489 e. The molecule has 0 saturated heterocycles. The van der Waals surface area contributed by atoms with E-state index in [2.05, 4.69) is 11.4 Å². The highest BCUT2D eigenvalue weighted by Crippen LogP contribution is 2.28. The summed E-state index contributed by atoms with van der Waals surface area (Å²) in [6.45, 7) is 3.90. The highest BCUT2D eigenvalue weighted by molar-refractivity contribution is 7.16. The fourth-order valence-electron chi connectivity index (χ4n) is 1.76. The van der Waals surface area contributed by atoms with Gasteiger partial charge < -0.3 is 14.8 Å². The minimum Gasteiger partial charge on any atom is -0.489 e. The molecule has 3 nitrogen and oxygen atoms in total. The number of hydrogen-bond donors (Lipinski definition) is 1. The number of benzene rings is 1. The Bertz CT molecular complexity index is 557. The molecule has 5 heteroatoms. The molecule has 0 bridgehead atoms. The summed E-state index contributed by atoms with van der Waals surface area (Å²) in [5, 5.41) is 3.38. The second-order valence-corrected chi connectivity index (χ2v) is 6.20. The van der Waals surface area contributed by atoms with E-state index in [1.54, 1.807) is 18.4 Å². The molecule has 0 aliphatic rings. The molecule has 1 heterocycles. The lowest BCUT2D eigenvalue weighted by Gasteiger charge is -2.13. The van der Waals surface area contributed by atoms with Crippen molar-refractivity contribution >= 4 is 28.6 Å². The van der Waals surface area contributed by atoms with E-state index >= 15 is 0 Å². The average Bonchev–Trinajstić information content (AvgIpc) is 2.84. The first kappa shape index (κ1) is 15.2. The Hall–Kier alpha value is -1.23. The smallest absolute Gasteiger partial charge is 0.142 e. The quantitative estimate of drug-likeness (QED) is 0.771. The normalized spacial score (nSPS) is 10.6. The van der Waals surface area contributed by atoms with Crippen LogP contribution in [0.15, 0.2) is 30.3 Å². The summed E-state index contributed by atoms with van der Waals surface area (Å²) >= 11 is 7.51. The Balaban J connectivity index is 2.01. The van der Waals surface area contributed by atoms with E-state index in [0.29, 0.717) is 13.2 Å². The van der Waals surface area contributed by atoms with E-state index in [4.69, 9.17) is 21.1 Å². The number of anilines is 1. The molecule has 108 valence electrons. The number of aryl methyl sites for hydroxylation is 1. The first-order valence-electron chi connectivity index (χ1n) is 6.39. The van der Waals surface area contributed by atoms with Crippen LogP contribution in [0.2, 0.25) is 4.34 Å². The number of ether oxygens (including phenoxy) is 2. The van der Waals surface area contributed by atoms with Gasteiger partial charge in [0.05, 0.1) is 16.6 Å². The summed E-state index contributed by atoms with van der Waals surface area (Å²) in [6, 6.07) is 10.1. The van der Waals surface area contributed by atoms with Crippen molar-refractivity contribution in [3.63, 3.8) is 0 Å². The molecule has 1 N–H and O–H groups in total. The number of methoxy groups -OCH3 is 1. The third-order valence-electron chi connectivity index (χ3n) is 2.76. The van der Waals surface area contributed by atoms with Gasteiger partial charge in [0.15, 0.2) is 0 Å². The SMILES string of the molecule is COCCOc1cc(C)ccc1NCc1ccc(Cl)s1. The summed E-state index contributed by atoms with van der Waals surface area (Å²) in [5.74, 6) is 0.852. The van der Waals surface area contributed by atoms with Crippen LogP contribution in [0.5, 0.6) is 5.75 Å². The van der Waals surface area contributed by atoms with E-state index in [1.165, 1.54) is 10.4 Å². The maximum absolute atomic E-state index is 5.93. The number of halogens is 1. The number of thiophene rings is 1. The molecule has 1 aromatic heterocycles. The van der Waals surface area contributed by atoms with Crippen LogP contribution in [0.3, 0.4) is 0 Å². The molecule has 0 fully saturated rings. The fourth-order valence-corrected chi connectivity index (χ4v) is 2.79. The van der Waals surface area contributed by atoms with E-state index < -0.39 is 0 Å². The van der Waals surface area contributed by atoms with Crippen molar-refractivity contribution in [2.45, 2.75) is 13.5 Å². The van der Waals surface area contributed by atoms with Gasteiger partial charge in [-0.1, -0.05) is 17.7 Å².